The fourth-order valence-electron chi connectivity index (χ4n) is 1.97. The minimum absolute atomic E-state index is 0.120. The number of amides is 1. The molecule has 0 fully saturated rings. The molecule has 1 N–H and O–H groups in total. The van der Waals surface area contributed by atoms with E-state index < -0.39 is 0 Å². The number of hydrogen-bond donors (Lipinski definition) is 1. The van der Waals surface area contributed by atoms with Crippen LogP contribution in [0.5, 0.6) is 0 Å². The van der Waals surface area contributed by atoms with Crippen molar-refractivity contribution in [2.45, 2.75) is 39.5 Å². The lowest BCUT2D eigenvalue weighted by Gasteiger charge is -2.23. The number of hydrogen-bond acceptors (Lipinski definition) is 3. The third kappa shape index (κ3) is 3.29. The van der Waals surface area contributed by atoms with E-state index >= 15 is 0 Å². The minimum atomic E-state index is -0.193. The van der Waals surface area contributed by atoms with Crippen molar-refractivity contribution in [3.63, 3.8) is 0 Å². The second-order valence-corrected chi connectivity index (χ2v) is 5.88. The highest BCUT2D eigenvalue weighted by atomic mass is 16.1. The van der Waals surface area contributed by atoms with Crippen LogP contribution in [0.4, 0.5) is 5.95 Å². The Bertz CT molecular complexity index is 621. The molecule has 0 aliphatic rings. The van der Waals surface area contributed by atoms with Crippen molar-refractivity contribution < 1.29 is 4.79 Å². The summed E-state index contributed by atoms with van der Waals surface area (Å²) in [5.74, 6) is 0.893. The summed E-state index contributed by atoms with van der Waals surface area (Å²) in [5, 5.41) is 6.83. The van der Waals surface area contributed by atoms with Crippen molar-refractivity contribution in [2.75, 3.05) is 5.32 Å². The van der Waals surface area contributed by atoms with Gasteiger partial charge in [0.15, 0.2) is 0 Å². The molecule has 21 heavy (non-hydrogen) atoms. The first-order chi connectivity index (χ1) is 9.83. The van der Waals surface area contributed by atoms with Gasteiger partial charge in [-0.25, -0.2) is 0 Å². The summed E-state index contributed by atoms with van der Waals surface area (Å²) in [6.45, 7) is 8.39. The molecule has 0 saturated heterocycles. The highest BCUT2D eigenvalue weighted by molar-refractivity contribution is 6.03. The Morgan fingerprint density at radius 3 is 2.38 bits per heavy atom. The van der Waals surface area contributed by atoms with E-state index in [2.05, 4.69) is 36.2 Å². The van der Waals surface area contributed by atoms with Crippen LogP contribution in [0.2, 0.25) is 0 Å². The number of carbonyl (C=O) groups excluding carboxylic acids is 1. The molecule has 0 unspecified atom stereocenters. The molecule has 112 valence electrons. The number of benzene rings is 1. The predicted octanol–water partition coefficient (Wildman–Crippen LogP) is 3.06. The zero-order valence-electron chi connectivity index (χ0n) is 13.3. The van der Waals surface area contributed by atoms with Crippen LogP contribution >= 0.6 is 0 Å². The molecule has 0 bridgehead atoms. The number of anilines is 1. The van der Waals surface area contributed by atoms with E-state index in [4.69, 9.17) is 0 Å². The van der Waals surface area contributed by atoms with Gasteiger partial charge in [-0.1, -0.05) is 32.9 Å². The molecule has 0 aliphatic heterocycles. The molecule has 2 rings (SSSR count). The molecule has 0 spiro atoms. The number of nitrogens with one attached hydrogen (secondary N) is 1. The first kappa shape index (κ1) is 15.2. The average molecular weight is 286 g/mol. The molecular formula is C16H22N4O. The van der Waals surface area contributed by atoms with E-state index in [9.17, 15) is 4.79 Å². The maximum atomic E-state index is 12.2. The molecule has 1 heterocycles. The van der Waals surface area contributed by atoms with Crippen molar-refractivity contribution in [1.82, 2.24) is 14.8 Å². The first-order valence-corrected chi connectivity index (χ1v) is 7.13. The monoisotopic (exact) mass is 286 g/mol. The molecule has 1 amide bonds. The van der Waals surface area contributed by atoms with Crippen LogP contribution in [0.15, 0.2) is 24.3 Å². The van der Waals surface area contributed by atoms with Gasteiger partial charge in [-0.2, -0.15) is 4.98 Å². The van der Waals surface area contributed by atoms with E-state index in [1.54, 1.807) is 11.7 Å². The molecular weight excluding hydrogens is 264 g/mol. The summed E-state index contributed by atoms with van der Waals surface area (Å²) in [4.78, 5) is 16.3. The van der Waals surface area contributed by atoms with Gasteiger partial charge in [0, 0.05) is 12.6 Å². The third-order valence-corrected chi connectivity index (χ3v) is 4.02. The van der Waals surface area contributed by atoms with Crippen LogP contribution in [-0.4, -0.2) is 20.7 Å². The normalized spacial score (nSPS) is 11.5. The molecule has 0 saturated carbocycles. The smallest absolute Gasteiger partial charge is 0.258 e. The molecule has 1 aromatic heterocycles. The number of carbonyl (C=O) groups is 1. The van der Waals surface area contributed by atoms with Gasteiger partial charge in [0.2, 0.25) is 5.95 Å². The number of aromatic nitrogens is 3. The third-order valence-electron chi connectivity index (χ3n) is 4.02. The number of rotatable bonds is 4. The Hall–Kier alpha value is -2.17. The summed E-state index contributed by atoms with van der Waals surface area (Å²) in [6, 6.07) is 7.71. The van der Waals surface area contributed by atoms with E-state index in [0.29, 0.717) is 11.5 Å². The van der Waals surface area contributed by atoms with Crippen molar-refractivity contribution in [2.24, 2.45) is 7.05 Å². The molecule has 2 aromatic rings. The Morgan fingerprint density at radius 2 is 1.90 bits per heavy atom. The Kier molecular flexibility index (Phi) is 4.11. The zero-order chi connectivity index (χ0) is 15.6. The van der Waals surface area contributed by atoms with Crippen LogP contribution in [0, 0.1) is 6.92 Å². The summed E-state index contributed by atoms with van der Waals surface area (Å²) in [7, 11) is 1.79. The summed E-state index contributed by atoms with van der Waals surface area (Å²) in [6.07, 6.45) is 1.05. The van der Waals surface area contributed by atoms with Crippen molar-refractivity contribution in [3.8, 4) is 0 Å². The minimum Gasteiger partial charge on any atom is -0.289 e. The highest BCUT2D eigenvalue weighted by Gasteiger charge is 2.18. The zero-order valence-corrected chi connectivity index (χ0v) is 13.3. The standard InChI is InChI=1S/C16H22N4O/c1-6-16(3,4)13-9-7-12(8-10-13)14(21)18-15-17-11(2)20(5)19-15/h7-10H,6H2,1-5H3,(H,18,19,21). The molecule has 5 heteroatoms. The van der Waals surface area contributed by atoms with Crippen LogP contribution in [0.1, 0.15) is 48.9 Å². The van der Waals surface area contributed by atoms with E-state index in [0.717, 1.165) is 12.2 Å². The molecule has 0 radical (unpaired) electrons. The Labute approximate surface area is 125 Å². The van der Waals surface area contributed by atoms with Gasteiger partial charge in [-0.15, -0.1) is 5.10 Å². The fourth-order valence-corrected chi connectivity index (χ4v) is 1.97. The van der Waals surface area contributed by atoms with Gasteiger partial charge in [-0.05, 0) is 36.5 Å². The van der Waals surface area contributed by atoms with Gasteiger partial charge in [0.05, 0.1) is 0 Å². The molecule has 5 nitrogen and oxygen atoms in total. The Balaban J connectivity index is 2.13. The summed E-state index contributed by atoms with van der Waals surface area (Å²) in [5.41, 5.74) is 1.96. The van der Waals surface area contributed by atoms with E-state index in [1.165, 1.54) is 5.56 Å². The maximum Gasteiger partial charge on any atom is 0.258 e. The first-order valence-electron chi connectivity index (χ1n) is 7.13. The van der Waals surface area contributed by atoms with Gasteiger partial charge in [0.25, 0.3) is 5.91 Å². The number of aryl methyl sites for hydroxylation is 2. The van der Waals surface area contributed by atoms with Gasteiger partial charge < -0.3 is 0 Å². The van der Waals surface area contributed by atoms with Gasteiger partial charge in [0.1, 0.15) is 5.82 Å². The van der Waals surface area contributed by atoms with E-state index in [-0.39, 0.29) is 11.3 Å². The second kappa shape index (κ2) is 5.68. The Morgan fingerprint density at radius 1 is 1.29 bits per heavy atom. The number of nitrogens with zero attached hydrogens (tertiary/aromatic N) is 3. The molecule has 0 aliphatic carbocycles. The predicted molar refractivity (Wildman–Crippen MR) is 83.5 cm³/mol. The lowest BCUT2D eigenvalue weighted by atomic mass is 9.82. The topological polar surface area (TPSA) is 59.8 Å². The maximum absolute atomic E-state index is 12.2. The highest BCUT2D eigenvalue weighted by Crippen LogP contribution is 2.26. The van der Waals surface area contributed by atoms with Crippen LogP contribution in [0.25, 0.3) is 0 Å². The lowest BCUT2D eigenvalue weighted by molar-refractivity contribution is 0.102. The average Bonchev–Trinajstić information content (AvgIpc) is 2.77. The quantitative estimate of drug-likeness (QED) is 0.939. The van der Waals surface area contributed by atoms with Crippen LogP contribution in [-0.2, 0) is 12.5 Å². The molecule has 0 atom stereocenters. The van der Waals surface area contributed by atoms with Crippen molar-refractivity contribution >= 4 is 11.9 Å². The van der Waals surface area contributed by atoms with Gasteiger partial charge >= 0.3 is 0 Å². The fraction of sp³-hybridized carbons (Fsp3) is 0.438. The summed E-state index contributed by atoms with van der Waals surface area (Å²) < 4.78 is 1.63. The SMILES string of the molecule is CCC(C)(C)c1ccc(C(=O)Nc2nc(C)n(C)n2)cc1. The van der Waals surface area contributed by atoms with E-state index in [1.807, 2.05) is 31.2 Å². The van der Waals surface area contributed by atoms with Crippen molar-refractivity contribution in [3.05, 3.63) is 41.2 Å². The summed E-state index contributed by atoms with van der Waals surface area (Å²) >= 11 is 0. The second-order valence-electron chi connectivity index (χ2n) is 5.88. The largest absolute Gasteiger partial charge is 0.289 e. The van der Waals surface area contributed by atoms with Crippen LogP contribution < -0.4 is 5.32 Å². The van der Waals surface area contributed by atoms with Crippen molar-refractivity contribution in [1.29, 1.82) is 0 Å². The lowest BCUT2D eigenvalue weighted by Crippen LogP contribution is -2.17. The molecule has 1 aromatic carbocycles. The van der Waals surface area contributed by atoms with Gasteiger partial charge in [-0.3, -0.25) is 14.8 Å². The van der Waals surface area contributed by atoms with Crippen LogP contribution in [0.3, 0.4) is 0 Å².